The summed E-state index contributed by atoms with van der Waals surface area (Å²) in [5.74, 6) is 0. The van der Waals surface area contributed by atoms with Crippen molar-refractivity contribution in [1.82, 2.24) is 5.32 Å². The molecule has 1 aliphatic carbocycles. The van der Waals surface area contributed by atoms with Crippen molar-refractivity contribution in [1.29, 1.82) is 0 Å². The molecule has 0 bridgehead atoms. The monoisotopic (exact) mass is 170 g/mol. The summed E-state index contributed by atoms with van der Waals surface area (Å²) in [6.45, 7) is 4.97. The quantitative estimate of drug-likeness (QED) is 0.635. The summed E-state index contributed by atoms with van der Waals surface area (Å²) in [5, 5.41) is 4.30. The molecule has 1 saturated carbocycles. The Morgan fingerprint density at radius 2 is 2.00 bits per heavy atom. The second-order valence-electron chi connectivity index (χ2n) is 3.49. The minimum Gasteiger partial charge on any atom is -0.359 e. The van der Waals surface area contributed by atoms with Crippen LogP contribution >= 0.6 is 0 Å². The van der Waals surface area contributed by atoms with E-state index in [9.17, 15) is 0 Å². The number of nitrogens with zero attached hydrogens (tertiary/aromatic N) is 1. The summed E-state index contributed by atoms with van der Waals surface area (Å²) in [6, 6.07) is 0. The smallest absolute Gasteiger partial charge is 0.120 e. The van der Waals surface area contributed by atoms with Gasteiger partial charge in [-0.3, -0.25) is 0 Å². The first-order chi connectivity index (χ1) is 5.83. The van der Waals surface area contributed by atoms with Gasteiger partial charge in [-0.25, -0.2) is 5.32 Å². The third-order valence-corrected chi connectivity index (χ3v) is 2.38. The maximum atomic E-state index is 5.76. The third kappa shape index (κ3) is 3.55. The molecule has 2 nitrogen and oxygen atoms in total. The second kappa shape index (κ2) is 5.55. The highest BCUT2D eigenvalue weighted by Crippen LogP contribution is 2.20. The van der Waals surface area contributed by atoms with Gasteiger partial charge in [-0.2, -0.15) is 0 Å². The van der Waals surface area contributed by atoms with E-state index >= 15 is 0 Å². The summed E-state index contributed by atoms with van der Waals surface area (Å²) in [4.78, 5) is 0. The highest BCUT2D eigenvalue weighted by atomic mass is 16.5. The zero-order valence-electron chi connectivity index (χ0n) is 8.25. The molecule has 0 amide bonds. The van der Waals surface area contributed by atoms with E-state index in [4.69, 9.17) is 4.74 Å². The fourth-order valence-corrected chi connectivity index (χ4v) is 1.78. The van der Waals surface area contributed by atoms with E-state index in [1.54, 1.807) is 0 Å². The molecule has 1 atom stereocenters. The Hall–Kier alpha value is -0.0800. The Balaban J connectivity index is 2.11. The average molecular weight is 170 g/mol. The Kier molecular flexibility index (Phi) is 4.62. The van der Waals surface area contributed by atoms with Crippen molar-refractivity contribution in [2.45, 2.75) is 58.3 Å². The van der Waals surface area contributed by atoms with E-state index in [2.05, 4.69) is 12.2 Å². The molecule has 0 aromatic carbocycles. The lowest BCUT2D eigenvalue weighted by Crippen LogP contribution is -2.28. The SMILES string of the molecule is CC[N]C(C)OC1CCCCC1. The van der Waals surface area contributed by atoms with Gasteiger partial charge in [0.25, 0.3) is 0 Å². The van der Waals surface area contributed by atoms with Gasteiger partial charge in [0.05, 0.1) is 6.10 Å². The van der Waals surface area contributed by atoms with E-state index in [0.717, 1.165) is 6.54 Å². The summed E-state index contributed by atoms with van der Waals surface area (Å²) in [7, 11) is 0. The molecule has 0 aliphatic heterocycles. The van der Waals surface area contributed by atoms with Crippen LogP contribution in [0.5, 0.6) is 0 Å². The predicted octanol–water partition coefficient (Wildman–Crippen LogP) is 2.31. The van der Waals surface area contributed by atoms with Crippen LogP contribution in [0.3, 0.4) is 0 Å². The Bertz CT molecular complexity index is 110. The lowest BCUT2D eigenvalue weighted by atomic mass is 9.98. The van der Waals surface area contributed by atoms with E-state index < -0.39 is 0 Å². The first kappa shape index (κ1) is 10.0. The molecule has 12 heavy (non-hydrogen) atoms. The molecule has 0 saturated heterocycles. The van der Waals surface area contributed by atoms with Crippen molar-refractivity contribution in [3.05, 3.63) is 0 Å². The third-order valence-electron chi connectivity index (χ3n) is 2.38. The maximum Gasteiger partial charge on any atom is 0.120 e. The fourth-order valence-electron chi connectivity index (χ4n) is 1.78. The van der Waals surface area contributed by atoms with Crippen molar-refractivity contribution < 1.29 is 4.74 Å². The molecule has 71 valence electrons. The van der Waals surface area contributed by atoms with E-state index in [1.165, 1.54) is 32.1 Å². The average Bonchev–Trinajstić information content (AvgIpc) is 2.06. The van der Waals surface area contributed by atoms with Gasteiger partial charge in [-0.15, -0.1) is 0 Å². The number of ether oxygens (including phenoxy) is 1. The van der Waals surface area contributed by atoms with Crippen LogP contribution < -0.4 is 5.32 Å². The van der Waals surface area contributed by atoms with Crippen LogP contribution in [0, 0.1) is 0 Å². The molecule has 2 heteroatoms. The van der Waals surface area contributed by atoms with Gasteiger partial charge in [-0.05, 0) is 19.8 Å². The van der Waals surface area contributed by atoms with Crippen LogP contribution in [0.15, 0.2) is 0 Å². The number of hydrogen-bond acceptors (Lipinski definition) is 1. The molecule has 0 aromatic rings. The van der Waals surface area contributed by atoms with E-state index in [1.807, 2.05) is 6.92 Å². The van der Waals surface area contributed by atoms with Crippen molar-refractivity contribution >= 4 is 0 Å². The lowest BCUT2D eigenvalue weighted by molar-refractivity contribution is -0.0373. The van der Waals surface area contributed by atoms with Crippen molar-refractivity contribution in [3.63, 3.8) is 0 Å². The summed E-state index contributed by atoms with van der Waals surface area (Å²) in [6.07, 6.45) is 7.14. The van der Waals surface area contributed by atoms with Crippen LogP contribution in [0.25, 0.3) is 0 Å². The van der Waals surface area contributed by atoms with Crippen LogP contribution in [-0.2, 0) is 4.74 Å². The minimum atomic E-state index is 0.109. The molecular formula is C10H20NO. The minimum absolute atomic E-state index is 0.109. The molecule has 0 aromatic heterocycles. The Morgan fingerprint density at radius 3 is 2.58 bits per heavy atom. The van der Waals surface area contributed by atoms with Gasteiger partial charge in [0.2, 0.25) is 0 Å². The van der Waals surface area contributed by atoms with Gasteiger partial charge in [0.1, 0.15) is 6.23 Å². The van der Waals surface area contributed by atoms with Crippen molar-refractivity contribution in [3.8, 4) is 0 Å². The lowest BCUT2D eigenvalue weighted by Gasteiger charge is -2.25. The van der Waals surface area contributed by atoms with Gasteiger partial charge in [0.15, 0.2) is 0 Å². The largest absolute Gasteiger partial charge is 0.359 e. The summed E-state index contributed by atoms with van der Waals surface area (Å²) in [5.41, 5.74) is 0. The molecular weight excluding hydrogens is 150 g/mol. The van der Waals surface area contributed by atoms with E-state index in [0.29, 0.717) is 6.10 Å². The normalized spacial score (nSPS) is 22.5. The van der Waals surface area contributed by atoms with Gasteiger partial charge >= 0.3 is 0 Å². The van der Waals surface area contributed by atoms with Gasteiger partial charge in [-0.1, -0.05) is 26.2 Å². The topological polar surface area (TPSA) is 23.3 Å². The van der Waals surface area contributed by atoms with Crippen LogP contribution in [0.1, 0.15) is 46.0 Å². The van der Waals surface area contributed by atoms with Crippen molar-refractivity contribution in [2.24, 2.45) is 0 Å². The molecule has 1 aliphatic rings. The molecule has 1 unspecified atom stereocenters. The maximum absolute atomic E-state index is 5.76. The van der Waals surface area contributed by atoms with Crippen LogP contribution in [0.4, 0.5) is 0 Å². The first-order valence-corrected chi connectivity index (χ1v) is 5.15. The van der Waals surface area contributed by atoms with E-state index in [-0.39, 0.29) is 6.23 Å². The highest BCUT2D eigenvalue weighted by Gasteiger charge is 2.16. The zero-order valence-corrected chi connectivity index (χ0v) is 8.25. The second-order valence-corrected chi connectivity index (χ2v) is 3.49. The molecule has 0 spiro atoms. The number of rotatable bonds is 4. The standard InChI is InChI=1S/C10H20NO/c1-3-11-9(2)12-10-7-5-4-6-8-10/h9-10H,3-8H2,1-2H3. The predicted molar refractivity (Wildman–Crippen MR) is 50.1 cm³/mol. The fraction of sp³-hybridized carbons (Fsp3) is 1.00. The zero-order chi connectivity index (χ0) is 8.81. The van der Waals surface area contributed by atoms with Crippen molar-refractivity contribution in [2.75, 3.05) is 6.54 Å². The van der Waals surface area contributed by atoms with Crippen LogP contribution in [0.2, 0.25) is 0 Å². The first-order valence-electron chi connectivity index (χ1n) is 5.15. The molecule has 0 N–H and O–H groups in total. The molecule has 1 radical (unpaired) electrons. The molecule has 1 rings (SSSR count). The van der Waals surface area contributed by atoms with Gasteiger partial charge in [0, 0.05) is 6.54 Å². The van der Waals surface area contributed by atoms with Crippen LogP contribution in [-0.4, -0.2) is 18.9 Å². The molecule has 0 heterocycles. The molecule has 1 fully saturated rings. The highest BCUT2D eigenvalue weighted by molar-refractivity contribution is 4.66. The number of hydrogen-bond donors (Lipinski definition) is 0. The van der Waals surface area contributed by atoms with Gasteiger partial charge < -0.3 is 4.74 Å². The Morgan fingerprint density at radius 1 is 1.33 bits per heavy atom. The summed E-state index contributed by atoms with van der Waals surface area (Å²) >= 11 is 0. The summed E-state index contributed by atoms with van der Waals surface area (Å²) < 4.78 is 5.76. The Labute approximate surface area is 75.7 Å².